The molecule has 0 spiro atoms. The van der Waals surface area contributed by atoms with Crippen molar-refractivity contribution < 1.29 is 4.74 Å². The van der Waals surface area contributed by atoms with E-state index in [2.05, 4.69) is 52.1 Å². The first-order valence-corrected chi connectivity index (χ1v) is 8.43. The molecule has 1 N–H and O–H groups in total. The van der Waals surface area contributed by atoms with Gasteiger partial charge in [0.25, 0.3) is 0 Å². The van der Waals surface area contributed by atoms with Crippen molar-refractivity contribution in [3.8, 4) is 0 Å². The summed E-state index contributed by atoms with van der Waals surface area (Å²) in [5, 5.41) is 3.77. The molecular formula is C19H31NO. The molecule has 3 atom stereocenters. The average Bonchev–Trinajstić information content (AvgIpc) is 2.83. The third-order valence-corrected chi connectivity index (χ3v) is 4.72. The standard InChI is InChI=1S/C19H31NO/c1-6-7-20-19(17-10-16(5)21-12-17)11-18-14(3)8-13(2)9-15(18)4/h8-9,16-17,19-20H,6-7,10-12H2,1-5H3. The molecule has 1 aromatic carbocycles. The molecule has 1 aliphatic heterocycles. The molecule has 0 amide bonds. The second-order valence-electron chi connectivity index (χ2n) is 6.78. The zero-order chi connectivity index (χ0) is 15.4. The van der Waals surface area contributed by atoms with Crippen LogP contribution in [0.2, 0.25) is 0 Å². The van der Waals surface area contributed by atoms with E-state index in [0.717, 1.165) is 19.6 Å². The van der Waals surface area contributed by atoms with E-state index in [9.17, 15) is 0 Å². The van der Waals surface area contributed by atoms with Gasteiger partial charge in [0.15, 0.2) is 0 Å². The van der Waals surface area contributed by atoms with Gasteiger partial charge in [0.05, 0.1) is 12.7 Å². The van der Waals surface area contributed by atoms with Crippen LogP contribution in [0.4, 0.5) is 0 Å². The monoisotopic (exact) mass is 289 g/mol. The molecule has 2 nitrogen and oxygen atoms in total. The smallest absolute Gasteiger partial charge is 0.0551 e. The van der Waals surface area contributed by atoms with Crippen LogP contribution in [0, 0.1) is 26.7 Å². The Morgan fingerprint density at radius 3 is 2.43 bits per heavy atom. The third-order valence-electron chi connectivity index (χ3n) is 4.72. The molecule has 0 aliphatic carbocycles. The van der Waals surface area contributed by atoms with Crippen molar-refractivity contribution in [3.05, 3.63) is 34.4 Å². The number of ether oxygens (including phenoxy) is 1. The highest BCUT2D eigenvalue weighted by Gasteiger charge is 2.29. The zero-order valence-electron chi connectivity index (χ0n) is 14.3. The number of benzene rings is 1. The van der Waals surface area contributed by atoms with Gasteiger partial charge in [-0.1, -0.05) is 24.6 Å². The molecule has 3 unspecified atom stereocenters. The lowest BCUT2D eigenvalue weighted by Gasteiger charge is -2.26. The Kier molecular flexibility index (Phi) is 5.83. The van der Waals surface area contributed by atoms with Crippen LogP contribution < -0.4 is 5.32 Å². The molecule has 1 saturated heterocycles. The van der Waals surface area contributed by atoms with Crippen LogP contribution in [-0.2, 0) is 11.2 Å². The first kappa shape index (κ1) is 16.5. The number of nitrogens with one attached hydrogen (secondary N) is 1. The van der Waals surface area contributed by atoms with Gasteiger partial charge in [0.1, 0.15) is 0 Å². The first-order chi connectivity index (χ1) is 10.0. The second kappa shape index (κ2) is 7.42. The van der Waals surface area contributed by atoms with E-state index in [-0.39, 0.29) is 0 Å². The summed E-state index contributed by atoms with van der Waals surface area (Å²) in [6.45, 7) is 13.1. The van der Waals surface area contributed by atoms with E-state index < -0.39 is 0 Å². The second-order valence-corrected chi connectivity index (χ2v) is 6.78. The molecule has 21 heavy (non-hydrogen) atoms. The molecule has 0 aromatic heterocycles. The van der Waals surface area contributed by atoms with Gasteiger partial charge in [-0.05, 0) is 70.2 Å². The predicted octanol–water partition coefficient (Wildman–Crippen LogP) is 3.95. The number of hydrogen-bond donors (Lipinski definition) is 1. The van der Waals surface area contributed by atoms with E-state index in [0.29, 0.717) is 18.1 Å². The fourth-order valence-corrected chi connectivity index (χ4v) is 3.62. The molecule has 0 radical (unpaired) electrons. The fourth-order valence-electron chi connectivity index (χ4n) is 3.62. The third kappa shape index (κ3) is 4.31. The lowest BCUT2D eigenvalue weighted by Crippen LogP contribution is -2.39. The Morgan fingerprint density at radius 2 is 1.90 bits per heavy atom. The molecular weight excluding hydrogens is 258 g/mol. The topological polar surface area (TPSA) is 21.3 Å². The van der Waals surface area contributed by atoms with Crippen molar-refractivity contribution in [2.24, 2.45) is 5.92 Å². The largest absolute Gasteiger partial charge is 0.378 e. The van der Waals surface area contributed by atoms with E-state index in [1.54, 1.807) is 0 Å². The highest BCUT2D eigenvalue weighted by Crippen LogP contribution is 2.26. The quantitative estimate of drug-likeness (QED) is 0.856. The first-order valence-electron chi connectivity index (χ1n) is 8.43. The molecule has 118 valence electrons. The summed E-state index contributed by atoms with van der Waals surface area (Å²) in [7, 11) is 0. The Bertz CT molecular complexity index is 446. The highest BCUT2D eigenvalue weighted by atomic mass is 16.5. The maximum atomic E-state index is 5.80. The van der Waals surface area contributed by atoms with Gasteiger partial charge in [-0.3, -0.25) is 0 Å². The van der Waals surface area contributed by atoms with Gasteiger partial charge in [-0.2, -0.15) is 0 Å². The van der Waals surface area contributed by atoms with Crippen molar-refractivity contribution in [1.29, 1.82) is 0 Å². The Labute approximate surface area is 130 Å². The molecule has 1 heterocycles. The Balaban J connectivity index is 2.14. The minimum atomic E-state index is 0.418. The van der Waals surface area contributed by atoms with Crippen LogP contribution in [0.1, 0.15) is 48.9 Å². The van der Waals surface area contributed by atoms with Crippen molar-refractivity contribution in [2.45, 2.75) is 66.0 Å². The van der Waals surface area contributed by atoms with Gasteiger partial charge < -0.3 is 10.1 Å². The summed E-state index contributed by atoms with van der Waals surface area (Å²) >= 11 is 0. The average molecular weight is 289 g/mol. The van der Waals surface area contributed by atoms with Crippen LogP contribution >= 0.6 is 0 Å². The maximum absolute atomic E-state index is 5.80. The molecule has 2 heteroatoms. The predicted molar refractivity (Wildman–Crippen MR) is 90.0 cm³/mol. The van der Waals surface area contributed by atoms with Crippen molar-refractivity contribution in [1.82, 2.24) is 5.32 Å². The molecule has 0 bridgehead atoms. The lowest BCUT2D eigenvalue weighted by molar-refractivity contribution is 0.117. The van der Waals surface area contributed by atoms with Crippen LogP contribution in [0.5, 0.6) is 0 Å². The van der Waals surface area contributed by atoms with Crippen LogP contribution in [0.3, 0.4) is 0 Å². The molecule has 0 saturated carbocycles. The van der Waals surface area contributed by atoms with Crippen molar-refractivity contribution in [3.63, 3.8) is 0 Å². The summed E-state index contributed by atoms with van der Waals surface area (Å²) in [5.41, 5.74) is 5.75. The van der Waals surface area contributed by atoms with Gasteiger partial charge >= 0.3 is 0 Å². The van der Waals surface area contributed by atoms with E-state index >= 15 is 0 Å². The summed E-state index contributed by atoms with van der Waals surface area (Å²) in [6.07, 6.45) is 3.91. The maximum Gasteiger partial charge on any atom is 0.0551 e. The van der Waals surface area contributed by atoms with E-state index in [1.165, 1.54) is 35.1 Å². The van der Waals surface area contributed by atoms with Gasteiger partial charge in [-0.25, -0.2) is 0 Å². The van der Waals surface area contributed by atoms with Crippen molar-refractivity contribution >= 4 is 0 Å². The molecule has 1 aromatic rings. The fraction of sp³-hybridized carbons (Fsp3) is 0.684. The normalized spacial score (nSPS) is 23.5. The number of rotatable bonds is 6. The van der Waals surface area contributed by atoms with Crippen LogP contribution in [0.15, 0.2) is 12.1 Å². The molecule has 1 aliphatic rings. The summed E-state index contributed by atoms with van der Waals surface area (Å²) < 4.78 is 5.80. The highest BCUT2D eigenvalue weighted by molar-refractivity contribution is 5.38. The minimum Gasteiger partial charge on any atom is -0.378 e. The Morgan fingerprint density at radius 1 is 1.24 bits per heavy atom. The zero-order valence-corrected chi connectivity index (χ0v) is 14.3. The van der Waals surface area contributed by atoms with Gasteiger partial charge in [0, 0.05) is 12.0 Å². The summed E-state index contributed by atoms with van der Waals surface area (Å²) in [4.78, 5) is 0. The van der Waals surface area contributed by atoms with E-state index in [4.69, 9.17) is 4.74 Å². The van der Waals surface area contributed by atoms with Crippen molar-refractivity contribution in [2.75, 3.05) is 13.2 Å². The molecule has 2 rings (SSSR count). The van der Waals surface area contributed by atoms with Gasteiger partial charge in [-0.15, -0.1) is 0 Å². The Hall–Kier alpha value is -0.860. The van der Waals surface area contributed by atoms with Gasteiger partial charge in [0.2, 0.25) is 0 Å². The number of hydrogen-bond acceptors (Lipinski definition) is 2. The number of aryl methyl sites for hydroxylation is 3. The summed E-state index contributed by atoms with van der Waals surface area (Å²) in [6, 6.07) is 5.16. The lowest BCUT2D eigenvalue weighted by atomic mass is 9.87. The van der Waals surface area contributed by atoms with Crippen LogP contribution in [-0.4, -0.2) is 25.3 Å². The van der Waals surface area contributed by atoms with Crippen LogP contribution in [0.25, 0.3) is 0 Å². The van der Waals surface area contributed by atoms with E-state index in [1.807, 2.05) is 0 Å². The molecule has 1 fully saturated rings. The SMILES string of the molecule is CCCNC(Cc1c(C)cc(C)cc1C)C1COC(C)C1. The minimum absolute atomic E-state index is 0.418. The summed E-state index contributed by atoms with van der Waals surface area (Å²) in [5.74, 6) is 0.645.